The van der Waals surface area contributed by atoms with Crippen LogP contribution < -0.4 is 5.32 Å². The van der Waals surface area contributed by atoms with Gasteiger partial charge in [0.1, 0.15) is 36.1 Å². The van der Waals surface area contributed by atoms with Gasteiger partial charge in [-0.3, -0.25) is 4.99 Å². The van der Waals surface area contributed by atoms with Crippen LogP contribution in [0.5, 0.6) is 0 Å². The SMILES string of the molecule is CC1=CNC(c2ccc(-c3ccc(-c4cc(F)c(CF)c(F)c4)c(F)c3)c(F)c2)N=C1. The summed E-state index contributed by atoms with van der Waals surface area (Å²) in [6, 6.07) is 10.1. The molecule has 0 saturated heterocycles. The van der Waals surface area contributed by atoms with E-state index in [4.69, 9.17) is 0 Å². The molecule has 0 spiro atoms. The summed E-state index contributed by atoms with van der Waals surface area (Å²) in [7, 11) is 0. The van der Waals surface area contributed by atoms with Crippen LogP contribution in [0.2, 0.25) is 0 Å². The Balaban J connectivity index is 1.65. The summed E-state index contributed by atoms with van der Waals surface area (Å²) < 4.78 is 69.9. The topological polar surface area (TPSA) is 24.4 Å². The van der Waals surface area contributed by atoms with Crippen molar-refractivity contribution < 1.29 is 22.0 Å². The van der Waals surface area contributed by atoms with Crippen molar-refractivity contribution in [3.05, 3.63) is 94.7 Å². The van der Waals surface area contributed by atoms with Crippen molar-refractivity contribution in [1.29, 1.82) is 0 Å². The van der Waals surface area contributed by atoms with Gasteiger partial charge in [0.2, 0.25) is 0 Å². The third-order valence-electron chi connectivity index (χ3n) is 5.07. The van der Waals surface area contributed by atoms with Gasteiger partial charge in [-0.05, 0) is 53.5 Å². The van der Waals surface area contributed by atoms with Gasteiger partial charge in [-0.1, -0.05) is 24.3 Å². The Labute approximate surface area is 175 Å². The summed E-state index contributed by atoms with van der Waals surface area (Å²) in [4.78, 5) is 4.29. The standard InChI is InChI=1S/C24H17F5N2/c1-13-11-30-24(31-12-13)15-3-5-17(21(27)7-15)14-2-4-18(20(26)6-14)16-8-22(28)19(10-25)23(29)9-16/h2-9,11-12,24,30H,10H2,1H3. The normalized spacial score (nSPS) is 15.5. The molecule has 4 rings (SSSR count). The first-order valence-corrected chi connectivity index (χ1v) is 9.47. The summed E-state index contributed by atoms with van der Waals surface area (Å²) in [5, 5.41) is 3.05. The van der Waals surface area contributed by atoms with E-state index in [-0.39, 0.29) is 22.3 Å². The van der Waals surface area contributed by atoms with Gasteiger partial charge in [0.25, 0.3) is 0 Å². The maximum Gasteiger partial charge on any atom is 0.144 e. The molecule has 31 heavy (non-hydrogen) atoms. The predicted molar refractivity (Wildman–Crippen MR) is 110 cm³/mol. The number of aliphatic imine (C=N–C) groups is 1. The molecule has 158 valence electrons. The molecular weight excluding hydrogens is 411 g/mol. The zero-order valence-corrected chi connectivity index (χ0v) is 16.4. The van der Waals surface area contributed by atoms with Crippen LogP contribution in [0.3, 0.4) is 0 Å². The van der Waals surface area contributed by atoms with Crippen LogP contribution in [0, 0.1) is 23.3 Å². The minimum absolute atomic E-state index is 0.0725. The van der Waals surface area contributed by atoms with Gasteiger partial charge in [-0.25, -0.2) is 22.0 Å². The smallest absolute Gasteiger partial charge is 0.144 e. The van der Waals surface area contributed by atoms with E-state index in [0.717, 1.165) is 23.8 Å². The Kier molecular flexibility index (Phi) is 5.59. The molecule has 1 unspecified atom stereocenters. The van der Waals surface area contributed by atoms with Gasteiger partial charge in [0, 0.05) is 23.5 Å². The van der Waals surface area contributed by atoms with E-state index < -0.39 is 41.7 Å². The molecule has 0 aliphatic carbocycles. The highest BCUT2D eigenvalue weighted by atomic mass is 19.2. The monoisotopic (exact) mass is 428 g/mol. The van der Waals surface area contributed by atoms with Gasteiger partial charge < -0.3 is 5.32 Å². The molecular formula is C24H17F5N2. The quantitative estimate of drug-likeness (QED) is 0.464. The van der Waals surface area contributed by atoms with E-state index in [2.05, 4.69) is 10.3 Å². The van der Waals surface area contributed by atoms with E-state index in [0.29, 0.717) is 5.56 Å². The molecule has 0 saturated carbocycles. The average Bonchev–Trinajstić information content (AvgIpc) is 2.74. The van der Waals surface area contributed by atoms with Crippen molar-refractivity contribution in [3.63, 3.8) is 0 Å². The van der Waals surface area contributed by atoms with Crippen LogP contribution in [-0.2, 0) is 6.67 Å². The van der Waals surface area contributed by atoms with E-state index in [9.17, 15) is 22.0 Å². The number of halogens is 5. The molecule has 1 atom stereocenters. The molecule has 1 N–H and O–H groups in total. The fourth-order valence-corrected chi connectivity index (χ4v) is 3.40. The first kappa shape index (κ1) is 20.8. The number of alkyl halides is 1. The van der Waals surface area contributed by atoms with Crippen molar-refractivity contribution in [1.82, 2.24) is 5.32 Å². The van der Waals surface area contributed by atoms with E-state index in [1.807, 2.05) is 6.92 Å². The van der Waals surface area contributed by atoms with Crippen LogP contribution in [0.4, 0.5) is 22.0 Å². The lowest BCUT2D eigenvalue weighted by Crippen LogP contribution is -2.17. The van der Waals surface area contributed by atoms with Crippen LogP contribution in [-0.4, -0.2) is 6.21 Å². The minimum atomic E-state index is -1.30. The molecule has 0 fully saturated rings. The maximum absolute atomic E-state index is 14.8. The second-order valence-electron chi connectivity index (χ2n) is 7.22. The number of benzene rings is 3. The lowest BCUT2D eigenvalue weighted by molar-refractivity contribution is 0.440. The molecule has 3 aromatic carbocycles. The Morgan fingerprint density at radius 1 is 0.806 bits per heavy atom. The molecule has 0 aromatic heterocycles. The molecule has 7 heteroatoms. The zero-order chi connectivity index (χ0) is 22.1. The molecule has 0 radical (unpaired) electrons. The van der Waals surface area contributed by atoms with E-state index in [1.54, 1.807) is 18.5 Å². The summed E-state index contributed by atoms with van der Waals surface area (Å²) in [6.45, 7) is 0.582. The maximum atomic E-state index is 14.8. The highest BCUT2D eigenvalue weighted by Gasteiger charge is 2.17. The number of hydrogen-bond donors (Lipinski definition) is 1. The molecule has 1 aliphatic rings. The number of hydrogen-bond acceptors (Lipinski definition) is 2. The second-order valence-corrected chi connectivity index (χ2v) is 7.22. The number of rotatable bonds is 4. The Hall–Kier alpha value is -3.48. The number of allylic oxidation sites excluding steroid dienone is 1. The van der Waals surface area contributed by atoms with Crippen LogP contribution in [0.1, 0.15) is 24.2 Å². The largest absolute Gasteiger partial charge is 0.366 e. The third kappa shape index (κ3) is 4.08. The Bertz CT molecular complexity index is 1190. The molecule has 1 aliphatic heterocycles. The summed E-state index contributed by atoms with van der Waals surface area (Å²) >= 11 is 0. The lowest BCUT2D eigenvalue weighted by atomic mass is 9.97. The summed E-state index contributed by atoms with van der Waals surface area (Å²) in [5.41, 5.74) is 1.14. The van der Waals surface area contributed by atoms with E-state index in [1.165, 1.54) is 24.3 Å². The Morgan fingerprint density at radius 3 is 2.00 bits per heavy atom. The average molecular weight is 428 g/mol. The van der Waals surface area contributed by atoms with Gasteiger partial charge in [-0.2, -0.15) is 0 Å². The lowest BCUT2D eigenvalue weighted by Gasteiger charge is -2.18. The van der Waals surface area contributed by atoms with Crippen molar-refractivity contribution >= 4 is 6.21 Å². The van der Waals surface area contributed by atoms with Gasteiger partial charge in [0.15, 0.2) is 0 Å². The fourth-order valence-electron chi connectivity index (χ4n) is 3.40. The van der Waals surface area contributed by atoms with Gasteiger partial charge in [0.05, 0.1) is 5.56 Å². The third-order valence-corrected chi connectivity index (χ3v) is 5.07. The minimum Gasteiger partial charge on any atom is -0.366 e. The predicted octanol–water partition coefficient (Wildman–Crippen LogP) is 6.62. The first-order chi connectivity index (χ1) is 14.9. The highest BCUT2D eigenvalue weighted by molar-refractivity contribution is 5.78. The van der Waals surface area contributed by atoms with Crippen molar-refractivity contribution in [2.24, 2.45) is 4.99 Å². The first-order valence-electron chi connectivity index (χ1n) is 9.47. The Morgan fingerprint density at radius 2 is 1.42 bits per heavy atom. The molecule has 3 aromatic rings. The fraction of sp³-hybridized carbons (Fsp3) is 0.125. The van der Waals surface area contributed by atoms with Crippen LogP contribution in [0.25, 0.3) is 22.3 Å². The molecule has 0 bridgehead atoms. The molecule has 0 amide bonds. The van der Waals surface area contributed by atoms with Crippen LogP contribution in [0.15, 0.2) is 65.3 Å². The molecule has 2 nitrogen and oxygen atoms in total. The number of nitrogens with one attached hydrogen (secondary N) is 1. The van der Waals surface area contributed by atoms with Crippen molar-refractivity contribution in [2.75, 3.05) is 0 Å². The highest BCUT2D eigenvalue weighted by Crippen LogP contribution is 2.32. The van der Waals surface area contributed by atoms with Crippen molar-refractivity contribution in [2.45, 2.75) is 19.8 Å². The van der Waals surface area contributed by atoms with E-state index >= 15 is 0 Å². The summed E-state index contributed by atoms with van der Waals surface area (Å²) in [5.74, 6) is -3.53. The zero-order valence-electron chi connectivity index (χ0n) is 16.4. The van der Waals surface area contributed by atoms with Gasteiger partial charge >= 0.3 is 0 Å². The second kappa shape index (κ2) is 8.34. The number of nitrogens with zero attached hydrogens (tertiary/aromatic N) is 1. The van der Waals surface area contributed by atoms with Crippen LogP contribution >= 0.6 is 0 Å². The van der Waals surface area contributed by atoms with Gasteiger partial charge in [-0.15, -0.1) is 0 Å². The summed E-state index contributed by atoms with van der Waals surface area (Å²) in [6.07, 6.45) is 3.06. The van der Waals surface area contributed by atoms with Crippen molar-refractivity contribution in [3.8, 4) is 22.3 Å². The molecule has 1 heterocycles.